The van der Waals surface area contributed by atoms with Gasteiger partial charge in [-0.2, -0.15) is 5.53 Å². The van der Waals surface area contributed by atoms with Crippen LogP contribution >= 0.6 is 0 Å². The van der Waals surface area contributed by atoms with Crippen LogP contribution in [0.5, 0.6) is 5.75 Å². The van der Waals surface area contributed by atoms with E-state index in [-0.39, 0.29) is 6.23 Å². The third kappa shape index (κ3) is 3.06. The fourth-order valence-corrected chi connectivity index (χ4v) is 1.54. The molecule has 2 rings (SSSR count). The summed E-state index contributed by atoms with van der Waals surface area (Å²) < 4.78 is 5.68. The fourth-order valence-electron chi connectivity index (χ4n) is 1.54. The van der Waals surface area contributed by atoms with Crippen LogP contribution in [-0.4, -0.2) is 12.8 Å². The molecule has 4 nitrogen and oxygen atoms in total. The van der Waals surface area contributed by atoms with Crippen LogP contribution in [0.1, 0.15) is 19.4 Å². The van der Waals surface area contributed by atoms with Gasteiger partial charge < -0.3 is 4.74 Å². The Morgan fingerprint density at radius 3 is 2.62 bits per heavy atom. The molecular formula is C12H17N3O. The molecule has 16 heavy (non-hydrogen) atoms. The highest BCUT2D eigenvalue weighted by atomic mass is 16.5. The fraction of sp³-hybridized carbons (Fsp3) is 0.333. The molecule has 1 atom stereocenters. The molecule has 0 spiro atoms. The average Bonchev–Trinajstić information content (AvgIpc) is 2.73. The first-order chi connectivity index (χ1) is 7.74. The van der Waals surface area contributed by atoms with E-state index in [1.807, 2.05) is 12.1 Å². The van der Waals surface area contributed by atoms with Crippen molar-refractivity contribution in [1.29, 1.82) is 0 Å². The highest BCUT2D eigenvalue weighted by molar-refractivity contribution is 5.52. The molecule has 0 radical (unpaired) electrons. The summed E-state index contributed by atoms with van der Waals surface area (Å²) in [5, 5.41) is 0. The van der Waals surface area contributed by atoms with Crippen molar-refractivity contribution in [3.8, 4) is 5.75 Å². The number of rotatable bonds is 3. The van der Waals surface area contributed by atoms with Crippen LogP contribution in [0.2, 0.25) is 0 Å². The first-order valence-corrected chi connectivity index (χ1v) is 5.39. The number of ether oxygens (including phenoxy) is 1. The van der Waals surface area contributed by atoms with Crippen LogP contribution in [0.15, 0.2) is 29.8 Å². The predicted molar refractivity (Wildman–Crippen MR) is 64.5 cm³/mol. The van der Waals surface area contributed by atoms with Crippen LogP contribution in [0, 0.1) is 0 Å². The van der Waals surface area contributed by atoms with Crippen molar-refractivity contribution in [3.05, 3.63) is 35.4 Å². The van der Waals surface area contributed by atoms with E-state index in [2.05, 4.69) is 48.4 Å². The second-order valence-electron chi connectivity index (χ2n) is 4.05. The van der Waals surface area contributed by atoms with E-state index in [1.54, 1.807) is 0 Å². The lowest BCUT2D eigenvalue weighted by atomic mass is 10.1. The Morgan fingerprint density at radius 2 is 2.06 bits per heavy atom. The second kappa shape index (κ2) is 5.12. The van der Waals surface area contributed by atoms with Crippen molar-refractivity contribution in [2.24, 2.45) is 0 Å². The highest BCUT2D eigenvalue weighted by Gasteiger charge is 2.13. The summed E-state index contributed by atoms with van der Waals surface area (Å²) >= 11 is 0. The molecule has 0 amide bonds. The summed E-state index contributed by atoms with van der Waals surface area (Å²) in [7, 11) is 0. The molecular weight excluding hydrogens is 202 g/mol. The molecule has 1 saturated heterocycles. The third-order valence-corrected chi connectivity index (χ3v) is 2.22. The van der Waals surface area contributed by atoms with Gasteiger partial charge in [-0.1, -0.05) is 23.8 Å². The molecule has 3 N–H and O–H groups in total. The first kappa shape index (κ1) is 11.1. The number of nitrogens with one attached hydrogen (secondary N) is 3. The Morgan fingerprint density at radius 1 is 1.31 bits per heavy atom. The van der Waals surface area contributed by atoms with Gasteiger partial charge in [0.2, 0.25) is 0 Å². The third-order valence-electron chi connectivity index (χ3n) is 2.22. The molecule has 0 bridgehead atoms. The molecule has 1 aromatic rings. The average molecular weight is 219 g/mol. The van der Waals surface area contributed by atoms with Gasteiger partial charge in [-0.3, -0.25) is 0 Å². The zero-order chi connectivity index (χ0) is 11.4. The van der Waals surface area contributed by atoms with Gasteiger partial charge >= 0.3 is 0 Å². The number of hydrogen-bond donors (Lipinski definition) is 3. The molecule has 1 fully saturated rings. The van der Waals surface area contributed by atoms with Crippen molar-refractivity contribution in [3.63, 3.8) is 0 Å². The summed E-state index contributed by atoms with van der Waals surface area (Å²) in [4.78, 5) is 0. The van der Waals surface area contributed by atoms with Gasteiger partial charge in [-0.25, -0.2) is 10.9 Å². The van der Waals surface area contributed by atoms with Gasteiger partial charge in [0, 0.05) is 0 Å². The predicted octanol–water partition coefficient (Wildman–Crippen LogP) is 1.43. The number of hydrogen-bond acceptors (Lipinski definition) is 4. The minimum absolute atomic E-state index is 0.0192. The monoisotopic (exact) mass is 219 g/mol. The maximum atomic E-state index is 5.68. The SMILES string of the molecule is CC(C)=Cc1ccc(OC2CNNN2)cc1. The lowest BCUT2D eigenvalue weighted by Gasteiger charge is -2.11. The summed E-state index contributed by atoms with van der Waals surface area (Å²) in [5.41, 5.74) is 11.2. The standard InChI is InChI=1S/C12H17N3O/c1-9(2)7-10-3-5-11(6-4-10)16-12-8-13-15-14-12/h3-7,12-15H,8H2,1-2H3. The molecule has 1 unspecified atom stereocenters. The van der Waals surface area contributed by atoms with Crippen molar-refractivity contribution in [1.82, 2.24) is 16.4 Å². The summed E-state index contributed by atoms with van der Waals surface area (Å²) in [6, 6.07) is 8.07. The molecule has 4 heteroatoms. The lowest BCUT2D eigenvalue weighted by Crippen LogP contribution is -2.36. The zero-order valence-electron chi connectivity index (χ0n) is 9.58. The van der Waals surface area contributed by atoms with Crippen molar-refractivity contribution in [2.45, 2.75) is 20.1 Å². The van der Waals surface area contributed by atoms with Crippen LogP contribution in [0.25, 0.3) is 6.08 Å². The van der Waals surface area contributed by atoms with E-state index >= 15 is 0 Å². The highest BCUT2D eigenvalue weighted by Crippen LogP contribution is 2.15. The van der Waals surface area contributed by atoms with Gasteiger partial charge in [0.25, 0.3) is 0 Å². The lowest BCUT2D eigenvalue weighted by molar-refractivity contribution is 0.191. The second-order valence-corrected chi connectivity index (χ2v) is 4.05. The van der Waals surface area contributed by atoms with E-state index in [1.165, 1.54) is 11.1 Å². The summed E-state index contributed by atoms with van der Waals surface area (Å²) in [5.74, 6) is 0.869. The van der Waals surface area contributed by atoms with Gasteiger partial charge in [0.05, 0.1) is 6.54 Å². The summed E-state index contributed by atoms with van der Waals surface area (Å²) in [6.07, 6.45) is 2.12. The minimum atomic E-state index is -0.0192. The molecule has 0 saturated carbocycles. The van der Waals surface area contributed by atoms with Crippen molar-refractivity contribution < 1.29 is 4.74 Å². The van der Waals surface area contributed by atoms with E-state index in [0.29, 0.717) is 0 Å². The van der Waals surface area contributed by atoms with Crippen LogP contribution < -0.4 is 21.1 Å². The van der Waals surface area contributed by atoms with E-state index in [0.717, 1.165) is 12.3 Å². The molecule has 1 aromatic carbocycles. The van der Waals surface area contributed by atoms with Gasteiger partial charge in [-0.05, 0) is 31.5 Å². The maximum absolute atomic E-state index is 5.68. The van der Waals surface area contributed by atoms with Crippen molar-refractivity contribution in [2.75, 3.05) is 6.54 Å². The number of hydrazine groups is 2. The number of allylic oxidation sites excluding steroid dienone is 1. The molecule has 1 aliphatic heterocycles. The Balaban J connectivity index is 1.98. The first-order valence-electron chi connectivity index (χ1n) is 5.39. The quantitative estimate of drug-likeness (QED) is 0.719. The van der Waals surface area contributed by atoms with Crippen LogP contribution in [0.3, 0.4) is 0 Å². The van der Waals surface area contributed by atoms with Crippen molar-refractivity contribution >= 4 is 6.08 Å². The van der Waals surface area contributed by atoms with Gasteiger partial charge in [0.15, 0.2) is 6.23 Å². The van der Waals surface area contributed by atoms with Gasteiger partial charge in [0.1, 0.15) is 5.75 Å². The normalized spacial score (nSPS) is 19.5. The smallest absolute Gasteiger partial charge is 0.177 e. The minimum Gasteiger partial charge on any atom is -0.473 e. The molecule has 1 aliphatic rings. The Hall–Kier alpha value is -1.36. The molecule has 0 aromatic heterocycles. The Bertz CT molecular complexity index is 362. The molecule has 0 aliphatic carbocycles. The Kier molecular flexibility index (Phi) is 3.56. The molecule has 1 heterocycles. The van der Waals surface area contributed by atoms with E-state index in [4.69, 9.17) is 4.74 Å². The van der Waals surface area contributed by atoms with Crippen LogP contribution in [-0.2, 0) is 0 Å². The van der Waals surface area contributed by atoms with E-state index in [9.17, 15) is 0 Å². The largest absolute Gasteiger partial charge is 0.473 e. The zero-order valence-corrected chi connectivity index (χ0v) is 9.58. The Labute approximate surface area is 95.6 Å². The van der Waals surface area contributed by atoms with Crippen LogP contribution in [0.4, 0.5) is 0 Å². The number of benzene rings is 1. The van der Waals surface area contributed by atoms with E-state index < -0.39 is 0 Å². The topological polar surface area (TPSA) is 45.3 Å². The molecule has 86 valence electrons. The summed E-state index contributed by atoms with van der Waals surface area (Å²) in [6.45, 7) is 4.92. The maximum Gasteiger partial charge on any atom is 0.177 e. The van der Waals surface area contributed by atoms with Gasteiger partial charge in [-0.15, -0.1) is 0 Å².